The molecule has 3 fully saturated rings. The molecule has 0 unspecified atom stereocenters. The molecule has 1 aliphatic carbocycles. The summed E-state index contributed by atoms with van der Waals surface area (Å²) in [5.74, 6) is -0.128. The van der Waals surface area contributed by atoms with Gasteiger partial charge >= 0.3 is 6.03 Å². The predicted octanol–water partition coefficient (Wildman–Crippen LogP) is 1.74. The van der Waals surface area contributed by atoms with Crippen LogP contribution < -0.4 is 5.32 Å². The summed E-state index contributed by atoms with van der Waals surface area (Å²) >= 11 is 0. The third-order valence-electron chi connectivity index (χ3n) is 6.46. The van der Waals surface area contributed by atoms with Crippen molar-refractivity contribution in [1.29, 1.82) is 0 Å². The molecule has 3 amide bonds. The van der Waals surface area contributed by atoms with Crippen LogP contribution >= 0.6 is 0 Å². The van der Waals surface area contributed by atoms with Gasteiger partial charge in [0.25, 0.3) is 5.91 Å². The maximum absolute atomic E-state index is 13.1. The minimum absolute atomic E-state index is 0.0105. The van der Waals surface area contributed by atoms with Gasteiger partial charge in [-0.05, 0) is 18.4 Å². The van der Waals surface area contributed by atoms with Gasteiger partial charge in [0, 0.05) is 26.2 Å². The summed E-state index contributed by atoms with van der Waals surface area (Å²) in [5, 5.41) is 2.96. The molecule has 9 heteroatoms. The van der Waals surface area contributed by atoms with E-state index in [1.807, 2.05) is 35.2 Å². The van der Waals surface area contributed by atoms with Crippen LogP contribution in [0.25, 0.3) is 0 Å². The average molecular weight is 435 g/mol. The lowest BCUT2D eigenvalue weighted by Crippen LogP contribution is -2.53. The highest BCUT2D eigenvalue weighted by atomic mass is 32.2. The number of hydrogen-bond donors (Lipinski definition) is 1. The van der Waals surface area contributed by atoms with Crippen LogP contribution in [0.1, 0.15) is 44.1 Å². The molecule has 1 N–H and O–H groups in total. The molecule has 2 saturated heterocycles. The number of urea groups is 1. The van der Waals surface area contributed by atoms with E-state index in [-0.39, 0.29) is 24.4 Å². The van der Waals surface area contributed by atoms with Crippen LogP contribution in [0.3, 0.4) is 0 Å². The van der Waals surface area contributed by atoms with E-state index in [1.54, 1.807) is 0 Å². The maximum Gasteiger partial charge on any atom is 0.326 e. The van der Waals surface area contributed by atoms with Crippen LogP contribution in [-0.4, -0.2) is 72.8 Å². The van der Waals surface area contributed by atoms with Gasteiger partial charge < -0.3 is 5.32 Å². The van der Waals surface area contributed by atoms with Crippen molar-refractivity contribution in [3.63, 3.8) is 0 Å². The Morgan fingerprint density at radius 3 is 2.17 bits per heavy atom. The lowest BCUT2D eigenvalue weighted by atomic mass is 9.90. The van der Waals surface area contributed by atoms with Crippen LogP contribution in [0.15, 0.2) is 30.3 Å². The number of nitrogens with zero attached hydrogens (tertiary/aromatic N) is 3. The topological polar surface area (TPSA) is 90.0 Å². The number of nitrogens with one attached hydrogen (secondary N) is 1. The molecule has 2 aliphatic heterocycles. The van der Waals surface area contributed by atoms with E-state index >= 15 is 0 Å². The van der Waals surface area contributed by atoms with Gasteiger partial charge in [-0.2, -0.15) is 4.31 Å². The first-order valence-corrected chi connectivity index (χ1v) is 12.4. The predicted molar refractivity (Wildman–Crippen MR) is 113 cm³/mol. The van der Waals surface area contributed by atoms with Gasteiger partial charge in [0.15, 0.2) is 0 Å². The van der Waals surface area contributed by atoms with E-state index in [1.165, 1.54) is 9.21 Å². The Hall–Kier alpha value is -1.97. The second-order valence-electron chi connectivity index (χ2n) is 8.56. The van der Waals surface area contributed by atoms with Crippen molar-refractivity contribution < 1.29 is 18.0 Å². The highest BCUT2D eigenvalue weighted by molar-refractivity contribution is 7.88. The molecule has 2 heterocycles. The highest BCUT2D eigenvalue weighted by Crippen LogP contribution is 2.32. The molecule has 30 heavy (non-hydrogen) atoms. The van der Waals surface area contributed by atoms with E-state index in [2.05, 4.69) is 5.32 Å². The Labute approximate surface area is 178 Å². The average Bonchev–Trinajstić information content (AvgIpc) is 2.89. The van der Waals surface area contributed by atoms with Crippen molar-refractivity contribution in [3.8, 4) is 0 Å². The van der Waals surface area contributed by atoms with Gasteiger partial charge in [0.1, 0.15) is 5.54 Å². The number of carbonyl (C=O) groups excluding carboxylic acids is 2. The number of rotatable bonds is 5. The van der Waals surface area contributed by atoms with E-state index in [0.717, 1.165) is 31.2 Å². The number of amides is 3. The second-order valence-corrected chi connectivity index (χ2v) is 10.5. The van der Waals surface area contributed by atoms with Crippen molar-refractivity contribution >= 4 is 22.0 Å². The van der Waals surface area contributed by atoms with Crippen molar-refractivity contribution in [2.24, 2.45) is 0 Å². The number of sulfonamides is 1. The fourth-order valence-corrected chi connectivity index (χ4v) is 6.22. The van der Waals surface area contributed by atoms with Crippen LogP contribution in [0.4, 0.5) is 4.79 Å². The van der Waals surface area contributed by atoms with Gasteiger partial charge in [-0.3, -0.25) is 9.69 Å². The lowest BCUT2D eigenvalue weighted by Gasteiger charge is -2.35. The third-order valence-corrected chi connectivity index (χ3v) is 8.31. The molecule has 3 aliphatic rings. The normalized spacial score (nSPS) is 23.5. The zero-order chi connectivity index (χ0) is 21.2. The molecule has 0 atom stereocenters. The minimum atomic E-state index is -3.39. The minimum Gasteiger partial charge on any atom is -0.323 e. The quantitative estimate of drug-likeness (QED) is 0.713. The number of hydrogen-bond acceptors (Lipinski definition) is 5. The number of carbonyl (C=O) groups is 2. The van der Waals surface area contributed by atoms with Gasteiger partial charge in [0.05, 0.1) is 12.4 Å². The fraction of sp³-hybridized carbons (Fsp3) is 0.619. The highest BCUT2D eigenvalue weighted by Gasteiger charge is 2.51. The Balaban J connectivity index is 1.33. The Morgan fingerprint density at radius 2 is 1.53 bits per heavy atom. The molecule has 0 radical (unpaired) electrons. The zero-order valence-electron chi connectivity index (χ0n) is 17.3. The summed E-state index contributed by atoms with van der Waals surface area (Å²) in [7, 11) is -3.39. The van der Waals surface area contributed by atoms with E-state index < -0.39 is 15.6 Å². The van der Waals surface area contributed by atoms with Crippen LogP contribution in [0.5, 0.6) is 0 Å². The Morgan fingerprint density at radius 1 is 0.900 bits per heavy atom. The third kappa shape index (κ3) is 4.38. The van der Waals surface area contributed by atoms with Gasteiger partial charge in [0.2, 0.25) is 10.0 Å². The summed E-state index contributed by atoms with van der Waals surface area (Å²) in [6.07, 6.45) is 5.53. The van der Waals surface area contributed by atoms with Crippen LogP contribution in [-0.2, 0) is 20.6 Å². The SMILES string of the molecule is O=C1NC2(CCCCCC2)C(=O)N1CN1CCN(S(=O)(=O)Cc2ccccc2)CC1. The molecule has 164 valence electrons. The van der Waals surface area contributed by atoms with Gasteiger partial charge in [-0.15, -0.1) is 0 Å². The van der Waals surface area contributed by atoms with Crippen molar-refractivity contribution in [3.05, 3.63) is 35.9 Å². The van der Waals surface area contributed by atoms with Crippen molar-refractivity contribution in [1.82, 2.24) is 19.4 Å². The molecule has 0 bridgehead atoms. The Kier molecular flexibility index (Phi) is 6.13. The molecule has 1 saturated carbocycles. The van der Waals surface area contributed by atoms with Crippen molar-refractivity contribution in [2.75, 3.05) is 32.8 Å². The molecule has 0 aromatic heterocycles. The molecule has 8 nitrogen and oxygen atoms in total. The molecular weight excluding hydrogens is 404 g/mol. The smallest absolute Gasteiger partial charge is 0.323 e. The molecular formula is C21H30N4O4S. The van der Waals surface area contributed by atoms with Crippen LogP contribution in [0, 0.1) is 0 Å². The monoisotopic (exact) mass is 434 g/mol. The number of imide groups is 1. The maximum atomic E-state index is 13.1. The van der Waals surface area contributed by atoms with Crippen LogP contribution in [0.2, 0.25) is 0 Å². The molecule has 1 aromatic rings. The second kappa shape index (κ2) is 8.64. The summed E-state index contributed by atoms with van der Waals surface area (Å²) in [6, 6.07) is 8.85. The largest absolute Gasteiger partial charge is 0.326 e. The standard InChI is InChI=1S/C21H30N4O4S/c26-19-21(10-6-1-2-7-11-21)22-20(27)25(19)17-23-12-14-24(15-13-23)30(28,29)16-18-8-4-3-5-9-18/h3-5,8-9H,1-2,6-7,10-17H2,(H,22,27). The lowest BCUT2D eigenvalue weighted by molar-refractivity contribution is -0.133. The zero-order valence-corrected chi connectivity index (χ0v) is 18.1. The Bertz CT molecular complexity index is 874. The fourth-order valence-electron chi connectivity index (χ4n) is 4.70. The first kappa shape index (κ1) is 21.3. The molecule has 4 rings (SSSR count). The van der Waals surface area contributed by atoms with E-state index in [9.17, 15) is 18.0 Å². The first-order valence-electron chi connectivity index (χ1n) is 10.8. The summed E-state index contributed by atoms with van der Waals surface area (Å²) in [6.45, 7) is 1.95. The number of piperazine rings is 1. The summed E-state index contributed by atoms with van der Waals surface area (Å²) in [4.78, 5) is 28.9. The number of benzene rings is 1. The molecule has 1 spiro atoms. The van der Waals surface area contributed by atoms with Gasteiger partial charge in [-0.1, -0.05) is 56.0 Å². The van der Waals surface area contributed by atoms with E-state index in [4.69, 9.17) is 0 Å². The van der Waals surface area contributed by atoms with Gasteiger partial charge in [-0.25, -0.2) is 18.1 Å². The van der Waals surface area contributed by atoms with E-state index in [0.29, 0.717) is 39.0 Å². The summed E-state index contributed by atoms with van der Waals surface area (Å²) in [5.41, 5.74) is 0.0435. The first-order chi connectivity index (χ1) is 14.4. The summed E-state index contributed by atoms with van der Waals surface area (Å²) < 4.78 is 27.0. The molecule has 1 aromatic carbocycles. The van der Waals surface area contributed by atoms with Crippen molar-refractivity contribution in [2.45, 2.75) is 49.8 Å².